The third-order valence-electron chi connectivity index (χ3n) is 1.13. The van der Waals surface area contributed by atoms with Gasteiger partial charge in [-0.15, -0.1) is 0 Å². The normalized spacial score (nSPS) is 11.0. The zero-order valence-electron chi connectivity index (χ0n) is 7.12. The van der Waals surface area contributed by atoms with Crippen LogP contribution in [0.15, 0.2) is 11.7 Å². The zero-order chi connectivity index (χ0) is 11.4. The lowest BCUT2D eigenvalue weighted by atomic mass is 10.2. The van der Waals surface area contributed by atoms with E-state index < -0.39 is 30.2 Å². The third-order valence-corrected chi connectivity index (χ3v) is 1.13. The van der Waals surface area contributed by atoms with Gasteiger partial charge >= 0.3 is 12.1 Å². The molecule has 0 N–H and O–H groups in total. The molecule has 0 atom stereocenters. The Morgan fingerprint density at radius 3 is 2.07 bits per heavy atom. The van der Waals surface area contributed by atoms with E-state index >= 15 is 0 Å². The molecule has 0 aliphatic heterocycles. The Morgan fingerprint density at radius 1 is 1.29 bits per heavy atom. The zero-order valence-corrected chi connectivity index (χ0v) is 7.12. The molecule has 0 rings (SSSR count). The summed E-state index contributed by atoms with van der Waals surface area (Å²) in [6, 6.07) is 0. The Kier molecular flexibility index (Phi) is 4.52. The second kappa shape index (κ2) is 4.92. The van der Waals surface area contributed by atoms with Gasteiger partial charge in [0.25, 0.3) is 6.08 Å². The molecule has 0 radical (unpaired) electrons. The molecule has 0 amide bonds. The number of esters is 1. The van der Waals surface area contributed by atoms with E-state index in [0.29, 0.717) is 0 Å². The highest BCUT2D eigenvalue weighted by Gasteiger charge is 2.34. The highest BCUT2D eigenvalue weighted by molar-refractivity contribution is 5.88. The summed E-state index contributed by atoms with van der Waals surface area (Å²) >= 11 is 0. The fourth-order valence-corrected chi connectivity index (χ4v) is 0.635. The average molecular weight is 218 g/mol. The smallest absolute Gasteiger partial charge is 0.393 e. The molecule has 2 nitrogen and oxygen atoms in total. The monoisotopic (exact) mass is 218 g/mol. The standard InChI is InChI=1S/C7H7F5O2/c1-2-14-6(13)4(5(8)9)3-7(10,11)12/h2-3H2,1H3. The average Bonchev–Trinajstić information content (AvgIpc) is 1.98. The van der Waals surface area contributed by atoms with Crippen molar-refractivity contribution in [3.8, 4) is 0 Å². The number of rotatable bonds is 3. The molecule has 0 heterocycles. The van der Waals surface area contributed by atoms with Crippen molar-refractivity contribution in [2.45, 2.75) is 19.5 Å². The van der Waals surface area contributed by atoms with Crippen molar-refractivity contribution in [2.75, 3.05) is 6.61 Å². The summed E-state index contributed by atoms with van der Waals surface area (Å²) in [4.78, 5) is 10.6. The summed E-state index contributed by atoms with van der Waals surface area (Å²) in [5, 5.41) is 0. The number of halogens is 5. The van der Waals surface area contributed by atoms with Crippen LogP contribution in [-0.2, 0) is 9.53 Å². The molecule has 0 saturated heterocycles. The fraction of sp³-hybridized carbons (Fsp3) is 0.571. The van der Waals surface area contributed by atoms with E-state index in [-0.39, 0.29) is 6.61 Å². The van der Waals surface area contributed by atoms with Crippen LogP contribution in [0.4, 0.5) is 22.0 Å². The van der Waals surface area contributed by atoms with Gasteiger partial charge in [-0.25, -0.2) is 4.79 Å². The van der Waals surface area contributed by atoms with Crippen LogP contribution >= 0.6 is 0 Å². The van der Waals surface area contributed by atoms with Gasteiger partial charge in [-0.3, -0.25) is 0 Å². The number of hydrogen-bond donors (Lipinski definition) is 0. The van der Waals surface area contributed by atoms with Crippen molar-refractivity contribution >= 4 is 5.97 Å². The maximum Gasteiger partial charge on any atom is 0.393 e. The lowest BCUT2D eigenvalue weighted by Gasteiger charge is -2.08. The predicted molar refractivity (Wildman–Crippen MR) is 36.5 cm³/mol. The molecule has 82 valence electrons. The summed E-state index contributed by atoms with van der Waals surface area (Å²) in [6.45, 7) is 1.05. The maximum absolute atomic E-state index is 11.9. The highest BCUT2D eigenvalue weighted by atomic mass is 19.4. The Bertz CT molecular complexity index is 239. The Labute approximate surface area is 76.3 Å². The molecule has 0 saturated carbocycles. The van der Waals surface area contributed by atoms with Crippen molar-refractivity contribution in [3.05, 3.63) is 11.7 Å². The van der Waals surface area contributed by atoms with Crippen LogP contribution in [0.3, 0.4) is 0 Å². The molecule has 0 aromatic rings. The van der Waals surface area contributed by atoms with Crippen LogP contribution in [0.5, 0.6) is 0 Å². The summed E-state index contributed by atoms with van der Waals surface area (Å²) in [5.74, 6) is -1.63. The number of hydrogen-bond acceptors (Lipinski definition) is 2. The molecule has 7 heteroatoms. The van der Waals surface area contributed by atoms with Crippen LogP contribution in [0, 0.1) is 0 Å². The van der Waals surface area contributed by atoms with Crippen molar-refractivity contribution in [1.29, 1.82) is 0 Å². The lowest BCUT2D eigenvalue weighted by molar-refractivity contribution is -0.147. The fourth-order valence-electron chi connectivity index (χ4n) is 0.635. The van der Waals surface area contributed by atoms with Gasteiger partial charge in [-0.05, 0) is 6.92 Å². The third kappa shape index (κ3) is 4.78. The van der Waals surface area contributed by atoms with Gasteiger partial charge in [0.15, 0.2) is 0 Å². The topological polar surface area (TPSA) is 26.3 Å². The Morgan fingerprint density at radius 2 is 1.79 bits per heavy atom. The second-order valence-corrected chi connectivity index (χ2v) is 2.25. The van der Waals surface area contributed by atoms with E-state index in [0.717, 1.165) is 0 Å². The van der Waals surface area contributed by atoms with Crippen LogP contribution in [0.2, 0.25) is 0 Å². The molecular weight excluding hydrogens is 211 g/mol. The predicted octanol–water partition coefficient (Wildman–Crippen LogP) is 2.65. The Hall–Kier alpha value is -1.14. The minimum absolute atomic E-state index is 0.256. The van der Waals surface area contributed by atoms with E-state index in [1.165, 1.54) is 6.92 Å². The first kappa shape index (κ1) is 12.9. The van der Waals surface area contributed by atoms with Crippen LogP contribution in [0.1, 0.15) is 13.3 Å². The van der Waals surface area contributed by atoms with E-state index in [9.17, 15) is 26.7 Å². The maximum atomic E-state index is 11.9. The minimum Gasteiger partial charge on any atom is -0.462 e. The second-order valence-electron chi connectivity index (χ2n) is 2.25. The van der Waals surface area contributed by atoms with Gasteiger partial charge < -0.3 is 4.74 Å². The molecular formula is C7H7F5O2. The molecule has 0 unspecified atom stereocenters. The van der Waals surface area contributed by atoms with E-state index in [2.05, 4.69) is 4.74 Å². The SMILES string of the molecule is CCOC(=O)C(CC(F)(F)F)=C(F)F. The lowest BCUT2D eigenvalue weighted by Crippen LogP contribution is -2.16. The largest absolute Gasteiger partial charge is 0.462 e. The van der Waals surface area contributed by atoms with E-state index in [1.54, 1.807) is 0 Å². The molecule has 0 aliphatic rings. The van der Waals surface area contributed by atoms with E-state index in [1.807, 2.05) is 0 Å². The first-order valence-corrected chi connectivity index (χ1v) is 3.56. The molecule has 14 heavy (non-hydrogen) atoms. The minimum atomic E-state index is -4.86. The summed E-state index contributed by atoms with van der Waals surface area (Å²) in [6.07, 6.45) is -9.50. The van der Waals surface area contributed by atoms with Gasteiger partial charge in [0.2, 0.25) is 0 Å². The van der Waals surface area contributed by atoms with Crippen LogP contribution in [0.25, 0.3) is 0 Å². The van der Waals surface area contributed by atoms with Crippen molar-refractivity contribution < 1.29 is 31.5 Å². The molecule has 0 aromatic carbocycles. The molecule has 0 aliphatic carbocycles. The number of carbonyl (C=O) groups excluding carboxylic acids is 1. The molecule has 0 aromatic heterocycles. The van der Waals surface area contributed by atoms with Gasteiger partial charge in [0.1, 0.15) is 5.57 Å². The van der Waals surface area contributed by atoms with Gasteiger partial charge in [0.05, 0.1) is 13.0 Å². The summed E-state index contributed by atoms with van der Waals surface area (Å²) in [7, 11) is 0. The van der Waals surface area contributed by atoms with Gasteiger partial charge in [-0.1, -0.05) is 0 Å². The first-order chi connectivity index (χ1) is 6.28. The summed E-state index contributed by atoms with van der Waals surface area (Å²) in [5.41, 5.74) is -1.64. The van der Waals surface area contributed by atoms with Crippen molar-refractivity contribution in [2.24, 2.45) is 0 Å². The Balaban J connectivity index is 4.65. The van der Waals surface area contributed by atoms with Gasteiger partial charge in [0, 0.05) is 0 Å². The number of ether oxygens (including phenoxy) is 1. The highest BCUT2D eigenvalue weighted by Crippen LogP contribution is 2.27. The van der Waals surface area contributed by atoms with Crippen molar-refractivity contribution in [1.82, 2.24) is 0 Å². The number of carbonyl (C=O) groups is 1. The van der Waals surface area contributed by atoms with Crippen molar-refractivity contribution in [3.63, 3.8) is 0 Å². The van der Waals surface area contributed by atoms with Crippen LogP contribution in [-0.4, -0.2) is 18.8 Å². The molecule has 0 bridgehead atoms. The molecule has 0 spiro atoms. The van der Waals surface area contributed by atoms with Crippen LogP contribution < -0.4 is 0 Å². The van der Waals surface area contributed by atoms with E-state index in [4.69, 9.17) is 0 Å². The molecule has 0 fully saturated rings. The van der Waals surface area contributed by atoms with Gasteiger partial charge in [-0.2, -0.15) is 22.0 Å². The summed E-state index contributed by atoms with van der Waals surface area (Å²) < 4.78 is 62.9. The first-order valence-electron chi connectivity index (χ1n) is 3.56. The quantitative estimate of drug-likeness (QED) is 0.413. The number of alkyl halides is 3.